The van der Waals surface area contributed by atoms with Crippen LogP contribution < -0.4 is 10.5 Å². The maximum Gasteiger partial charge on any atom is 0.293 e. The van der Waals surface area contributed by atoms with E-state index in [0.717, 1.165) is 12.2 Å². The molecular formula is C11H19N3OS. The summed E-state index contributed by atoms with van der Waals surface area (Å²) in [5.74, 6) is 1.73. The van der Waals surface area contributed by atoms with Crippen LogP contribution in [0.25, 0.3) is 0 Å². The fourth-order valence-electron chi connectivity index (χ4n) is 2.06. The molecule has 0 aliphatic heterocycles. The largest absolute Gasteiger partial charge is 0.465 e. The van der Waals surface area contributed by atoms with Crippen molar-refractivity contribution in [1.82, 2.24) is 9.36 Å². The topological polar surface area (TPSA) is 61.0 Å². The highest BCUT2D eigenvalue weighted by Crippen LogP contribution is 2.30. The minimum absolute atomic E-state index is 0.248. The number of hydrogen-bond donors (Lipinski definition) is 1. The molecule has 1 saturated carbocycles. The van der Waals surface area contributed by atoms with E-state index in [2.05, 4.69) is 23.2 Å². The van der Waals surface area contributed by atoms with Gasteiger partial charge in [0.25, 0.3) is 5.19 Å². The summed E-state index contributed by atoms with van der Waals surface area (Å²) in [6.45, 7) is 4.88. The Balaban J connectivity index is 1.97. The Morgan fingerprint density at radius 1 is 1.50 bits per heavy atom. The Kier molecular flexibility index (Phi) is 3.76. The number of hydrogen-bond acceptors (Lipinski definition) is 5. The molecule has 0 aromatic carbocycles. The van der Waals surface area contributed by atoms with Gasteiger partial charge in [-0.25, -0.2) is 0 Å². The molecule has 2 atom stereocenters. The number of rotatable bonds is 4. The smallest absolute Gasteiger partial charge is 0.293 e. The fourth-order valence-corrected chi connectivity index (χ4v) is 2.78. The van der Waals surface area contributed by atoms with Crippen molar-refractivity contribution >= 4 is 11.5 Å². The van der Waals surface area contributed by atoms with Crippen molar-refractivity contribution in [2.45, 2.75) is 45.1 Å². The minimum Gasteiger partial charge on any atom is -0.465 e. The van der Waals surface area contributed by atoms with Gasteiger partial charge in [0, 0.05) is 23.4 Å². The third kappa shape index (κ3) is 2.52. The summed E-state index contributed by atoms with van der Waals surface area (Å²) < 4.78 is 10.2. The molecule has 2 rings (SSSR count). The zero-order valence-electron chi connectivity index (χ0n) is 9.85. The highest BCUT2D eigenvalue weighted by Gasteiger charge is 2.28. The van der Waals surface area contributed by atoms with E-state index in [9.17, 15) is 0 Å². The maximum atomic E-state index is 5.87. The van der Waals surface area contributed by atoms with Crippen LogP contribution in [0.15, 0.2) is 0 Å². The Labute approximate surface area is 100 Å². The van der Waals surface area contributed by atoms with Crippen LogP contribution in [0.2, 0.25) is 0 Å². The Hall–Kier alpha value is -0.680. The Morgan fingerprint density at radius 2 is 2.31 bits per heavy atom. The van der Waals surface area contributed by atoms with Gasteiger partial charge in [-0.15, -0.1) is 0 Å². The maximum absolute atomic E-state index is 5.87. The quantitative estimate of drug-likeness (QED) is 0.877. The van der Waals surface area contributed by atoms with Crippen LogP contribution in [0.1, 0.15) is 44.9 Å². The van der Waals surface area contributed by atoms with Crippen LogP contribution in [-0.4, -0.2) is 22.0 Å². The second-order valence-electron chi connectivity index (χ2n) is 4.66. The molecule has 1 aliphatic rings. The lowest BCUT2D eigenvalue weighted by atomic mass is 10.1. The fraction of sp³-hybridized carbons (Fsp3) is 0.818. The average Bonchev–Trinajstić information content (AvgIpc) is 2.87. The standard InChI is InChI=1S/C11H19N3OS/c1-7(2)10-13-11(16-14-10)15-9-5-3-4-8(9)6-12/h7-9H,3-6,12H2,1-2H3. The summed E-state index contributed by atoms with van der Waals surface area (Å²) in [5.41, 5.74) is 5.72. The zero-order valence-corrected chi connectivity index (χ0v) is 10.7. The first-order valence-corrected chi connectivity index (χ1v) is 6.68. The van der Waals surface area contributed by atoms with E-state index >= 15 is 0 Å². The van der Waals surface area contributed by atoms with Gasteiger partial charge in [0.2, 0.25) is 0 Å². The second-order valence-corrected chi connectivity index (χ2v) is 5.37. The molecule has 4 nitrogen and oxygen atoms in total. The van der Waals surface area contributed by atoms with Crippen LogP contribution in [0.5, 0.6) is 5.19 Å². The molecule has 1 aromatic rings. The number of nitrogens with zero attached hydrogens (tertiary/aromatic N) is 2. The first-order valence-electron chi connectivity index (χ1n) is 5.91. The van der Waals surface area contributed by atoms with Gasteiger partial charge >= 0.3 is 0 Å². The van der Waals surface area contributed by atoms with Gasteiger partial charge in [0.15, 0.2) is 0 Å². The van der Waals surface area contributed by atoms with Crippen molar-refractivity contribution in [3.8, 4) is 5.19 Å². The molecule has 1 fully saturated rings. The van der Waals surface area contributed by atoms with Crippen LogP contribution in [0.3, 0.4) is 0 Å². The molecule has 0 spiro atoms. The van der Waals surface area contributed by atoms with Gasteiger partial charge in [-0.1, -0.05) is 13.8 Å². The van der Waals surface area contributed by atoms with Gasteiger partial charge in [0.1, 0.15) is 11.9 Å². The molecule has 1 aliphatic carbocycles. The predicted molar refractivity (Wildman–Crippen MR) is 64.8 cm³/mol. The highest BCUT2D eigenvalue weighted by atomic mass is 32.1. The van der Waals surface area contributed by atoms with Crippen molar-refractivity contribution in [3.63, 3.8) is 0 Å². The van der Waals surface area contributed by atoms with Gasteiger partial charge < -0.3 is 10.5 Å². The lowest BCUT2D eigenvalue weighted by Crippen LogP contribution is -2.27. The van der Waals surface area contributed by atoms with Crippen LogP contribution in [-0.2, 0) is 0 Å². The summed E-state index contributed by atoms with van der Waals surface area (Å²) in [6.07, 6.45) is 3.73. The van der Waals surface area contributed by atoms with Gasteiger partial charge in [-0.05, 0) is 25.8 Å². The van der Waals surface area contributed by atoms with Crippen molar-refractivity contribution in [1.29, 1.82) is 0 Å². The highest BCUT2D eigenvalue weighted by molar-refractivity contribution is 7.07. The lowest BCUT2D eigenvalue weighted by Gasteiger charge is -2.17. The molecule has 0 bridgehead atoms. The summed E-state index contributed by atoms with van der Waals surface area (Å²) in [5, 5.41) is 0.703. The molecule has 0 radical (unpaired) electrons. The van der Waals surface area contributed by atoms with E-state index in [4.69, 9.17) is 10.5 Å². The van der Waals surface area contributed by atoms with Crippen molar-refractivity contribution in [3.05, 3.63) is 5.82 Å². The van der Waals surface area contributed by atoms with Gasteiger partial charge in [0.05, 0.1) is 0 Å². The SMILES string of the molecule is CC(C)c1nsc(OC2CCCC2CN)n1. The van der Waals surface area contributed by atoms with Crippen molar-refractivity contribution in [2.75, 3.05) is 6.54 Å². The number of ether oxygens (including phenoxy) is 1. The first-order chi connectivity index (χ1) is 7.70. The Morgan fingerprint density at radius 3 is 2.94 bits per heavy atom. The summed E-state index contributed by atoms with van der Waals surface area (Å²) >= 11 is 1.35. The van der Waals surface area contributed by atoms with Crippen molar-refractivity contribution < 1.29 is 4.74 Å². The number of aromatic nitrogens is 2. The molecule has 0 saturated heterocycles. The first kappa shape index (κ1) is 11.8. The molecule has 1 heterocycles. The predicted octanol–water partition coefficient (Wildman–Crippen LogP) is 2.17. The van der Waals surface area contributed by atoms with E-state index in [0.29, 0.717) is 23.6 Å². The van der Waals surface area contributed by atoms with Crippen LogP contribution in [0, 0.1) is 5.92 Å². The van der Waals surface area contributed by atoms with Gasteiger partial charge in [-0.3, -0.25) is 0 Å². The second kappa shape index (κ2) is 5.10. The molecule has 90 valence electrons. The van der Waals surface area contributed by atoms with Crippen molar-refractivity contribution in [2.24, 2.45) is 11.7 Å². The number of nitrogens with two attached hydrogens (primary N) is 1. The van der Waals surface area contributed by atoms with E-state index in [1.54, 1.807) is 0 Å². The summed E-state index contributed by atoms with van der Waals surface area (Å²) in [4.78, 5) is 4.39. The Bertz CT molecular complexity index is 340. The monoisotopic (exact) mass is 241 g/mol. The molecule has 16 heavy (non-hydrogen) atoms. The zero-order chi connectivity index (χ0) is 11.5. The molecule has 2 N–H and O–H groups in total. The van der Waals surface area contributed by atoms with Crippen LogP contribution >= 0.6 is 11.5 Å². The van der Waals surface area contributed by atoms with Crippen LogP contribution in [0.4, 0.5) is 0 Å². The lowest BCUT2D eigenvalue weighted by molar-refractivity contribution is 0.161. The van der Waals surface area contributed by atoms with E-state index in [-0.39, 0.29) is 6.10 Å². The van der Waals surface area contributed by atoms with E-state index in [1.807, 2.05) is 0 Å². The van der Waals surface area contributed by atoms with E-state index in [1.165, 1.54) is 24.4 Å². The molecule has 1 aromatic heterocycles. The van der Waals surface area contributed by atoms with Gasteiger partial charge in [-0.2, -0.15) is 9.36 Å². The minimum atomic E-state index is 0.248. The summed E-state index contributed by atoms with van der Waals surface area (Å²) in [7, 11) is 0. The average molecular weight is 241 g/mol. The molecule has 0 amide bonds. The summed E-state index contributed by atoms with van der Waals surface area (Å²) in [6, 6.07) is 0. The van der Waals surface area contributed by atoms with E-state index < -0.39 is 0 Å². The third-order valence-electron chi connectivity index (χ3n) is 3.08. The third-order valence-corrected chi connectivity index (χ3v) is 3.71. The molecule has 2 unspecified atom stereocenters. The molecule has 5 heteroatoms. The normalized spacial score (nSPS) is 25.2. The molecular weight excluding hydrogens is 222 g/mol.